The Hall–Kier alpha value is -2.89. The Morgan fingerprint density at radius 3 is 2.82 bits per heavy atom. The fourth-order valence-electron chi connectivity index (χ4n) is 2.76. The minimum Gasteiger partial charge on any atom is -0.478 e. The van der Waals surface area contributed by atoms with Crippen LogP contribution in [0.25, 0.3) is 0 Å². The maximum Gasteiger partial charge on any atom is 0.335 e. The zero-order chi connectivity index (χ0) is 15.7. The first-order chi connectivity index (χ1) is 10.5. The molecule has 112 valence electrons. The van der Waals surface area contributed by atoms with Gasteiger partial charge in [-0.2, -0.15) is 0 Å². The smallest absolute Gasteiger partial charge is 0.335 e. The molecule has 2 aromatic rings. The third kappa shape index (κ3) is 2.63. The molecule has 6 heteroatoms. The second-order valence-corrected chi connectivity index (χ2v) is 5.25. The zero-order valence-corrected chi connectivity index (χ0v) is 11.7. The summed E-state index contributed by atoms with van der Waals surface area (Å²) < 4.78 is 0. The van der Waals surface area contributed by atoms with Crippen molar-refractivity contribution in [2.45, 2.75) is 13.0 Å². The highest BCUT2D eigenvalue weighted by atomic mass is 16.6. The number of nitro groups is 1. The predicted molar refractivity (Wildman–Crippen MR) is 81.3 cm³/mol. The van der Waals surface area contributed by atoms with Crippen LogP contribution in [-0.4, -0.2) is 22.5 Å². The van der Waals surface area contributed by atoms with Crippen molar-refractivity contribution in [3.63, 3.8) is 0 Å². The Kier molecular flexibility index (Phi) is 3.50. The van der Waals surface area contributed by atoms with Crippen LogP contribution in [0.15, 0.2) is 42.5 Å². The Morgan fingerprint density at radius 1 is 1.27 bits per heavy atom. The minimum absolute atomic E-state index is 0.0816. The van der Waals surface area contributed by atoms with E-state index in [-0.39, 0.29) is 11.3 Å². The van der Waals surface area contributed by atoms with Crippen molar-refractivity contribution in [1.29, 1.82) is 0 Å². The summed E-state index contributed by atoms with van der Waals surface area (Å²) in [4.78, 5) is 23.5. The number of fused-ring (bicyclic) bond motifs is 1. The van der Waals surface area contributed by atoms with Crippen molar-refractivity contribution >= 4 is 17.3 Å². The molecule has 0 radical (unpaired) electrons. The van der Waals surface area contributed by atoms with Gasteiger partial charge in [-0.3, -0.25) is 10.1 Å². The summed E-state index contributed by atoms with van der Waals surface area (Å²) in [5.74, 6) is -0.931. The van der Waals surface area contributed by atoms with Crippen molar-refractivity contribution in [3.05, 3.63) is 69.3 Å². The van der Waals surface area contributed by atoms with Gasteiger partial charge < -0.3 is 10.0 Å². The molecule has 0 saturated heterocycles. The number of carboxylic acids is 1. The second-order valence-electron chi connectivity index (χ2n) is 5.25. The fourth-order valence-corrected chi connectivity index (χ4v) is 2.76. The summed E-state index contributed by atoms with van der Waals surface area (Å²) in [7, 11) is 0. The van der Waals surface area contributed by atoms with E-state index in [1.54, 1.807) is 24.3 Å². The van der Waals surface area contributed by atoms with Gasteiger partial charge in [0.15, 0.2) is 0 Å². The van der Waals surface area contributed by atoms with Crippen molar-refractivity contribution in [2.24, 2.45) is 0 Å². The number of aromatic carboxylic acids is 1. The van der Waals surface area contributed by atoms with Crippen molar-refractivity contribution < 1.29 is 14.8 Å². The predicted octanol–water partition coefficient (Wildman–Crippen LogP) is 2.86. The lowest BCUT2D eigenvalue weighted by Gasteiger charge is -2.19. The van der Waals surface area contributed by atoms with Crippen LogP contribution in [0, 0.1) is 10.1 Å². The summed E-state index contributed by atoms with van der Waals surface area (Å²) >= 11 is 0. The monoisotopic (exact) mass is 298 g/mol. The number of nitro benzene ring substituents is 1. The Bertz CT molecular complexity index is 758. The van der Waals surface area contributed by atoms with Crippen molar-refractivity contribution in [2.75, 3.05) is 11.4 Å². The summed E-state index contributed by atoms with van der Waals surface area (Å²) in [6.07, 6.45) is 0.783. The first-order valence-electron chi connectivity index (χ1n) is 6.89. The molecule has 3 rings (SSSR count). The highest BCUT2D eigenvalue weighted by Crippen LogP contribution is 2.30. The summed E-state index contributed by atoms with van der Waals surface area (Å²) in [5.41, 5.74) is 3.24. The van der Waals surface area contributed by atoms with E-state index in [0.29, 0.717) is 6.54 Å². The molecule has 6 nitrogen and oxygen atoms in total. The number of nitrogens with zero attached hydrogens (tertiary/aromatic N) is 2. The highest BCUT2D eigenvalue weighted by Gasteiger charge is 2.21. The molecule has 0 bridgehead atoms. The topological polar surface area (TPSA) is 83.7 Å². The molecule has 1 heterocycles. The maximum absolute atomic E-state index is 11.0. The maximum atomic E-state index is 11.0. The van der Waals surface area contributed by atoms with Gasteiger partial charge in [-0.15, -0.1) is 0 Å². The SMILES string of the molecule is O=C(O)c1ccc2c(c1)CCN2Cc1cccc([N+](=O)[O-])c1. The molecule has 1 aliphatic heterocycles. The van der Waals surface area contributed by atoms with Crippen LogP contribution in [0.3, 0.4) is 0 Å². The largest absolute Gasteiger partial charge is 0.478 e. The number of carboxylic acid groups (broad SMARTS) is 1. The number of rotatable bonds is 4. The Labute approximate surface area is 126 Å². The van der Waals surface area contributed by atoms with Gasteiger partial charge in [-0.25, -0.2) is 4.79 Å². The third-order valence-corrected chi connectivity index (χ3v) is 3.81. The summed E-state index contributed by atoms with van der Waals surface area (Å²) in [6.45, 7) is 1.35. The van der Waals surface area contributed by atoms with Gasteiger partial charge in [0.05, 0.1) is 10.5 Å². The molecule has 22 heavy (non-hydrogen) atoms. The molecule has 2 aromatic carbocycles. The van der Waals surface area contributed by atoms with E-state index in [0.717, 1.165) is 29.8 Å². The van der Waals surface area contributed by atoms with E-state index in [2.05, 4.69) is 4.90 Å². The molecular weight excluding hydrogens is 284 g/mol. The molecule has 1 N–H and O–H groups in total. The van der Waals surface area contributed by atoms with Crippen LogP contribution in [0.1, 0.15) is 21.5 Å². The average Bonchev–Trinajstić information content (AvgIpc) is 2.90. The standard InChI is InChI=1S/C16H14N2O4/c19-16(20)13-4-5-15-12(9-13)6-7-17(15)10-11-2-1-3-14(8-11)18(21)22/h1-5,8-9H,6-7,10H2,(H,19,20). The van der Waals surface area contributed by atoms with Crippen LogP contribution >= 0.6 is 0 Å². The van der Waals surface area contributed by atoms with Gasteiger partial charge in [0.25, 0.3) is 5.69 Å². The molecule has 1 aliphatic rings. The molecule has 0 aromatic heterocycles. The Balaban J connectivity index is 1.83. The van der Waals surface area contributed by atoms with Crippen molar-refractivity contribution in [3.8, 4) is 0 Å². The quantitative estimate of drug-likeness (QED) is 0.693. The van der Waals surface area contributed by atoms with Crippen LogP contribution in [0.4, 0.5) is 11.4 Å². The number of benzene rings is 2. The van der Waals surface area contributed by atoms with E-state index in [9.17, 15) is 14.9 Å². The molecule has 0 aliphatic carbocycles. The molecule has 0 amide bonds. The summed E-state index contributed by atoms with van der Waals surface area (Å²) in [5, 5.41) is 19.8. The van der Waals surface area contributed by atoms with Gasteiger partial charge in [0, 0.05) is 30.9 Å². The lowest BCUT2D eigenvalue weighted by molar-refractivity contribution is -0.384. The van der Waals surface area contributed by atoms with Crippen LogP contribution in [0.2, 0.25) is 0 Å². The average molecular weight is 298 g/mol. The summed E-state index contributed by atoms with van der Waals surface area (Å²) in [6, 6.07) is 11.7. The number of anilines is 1. The normalized spacial score (nSPS) is 13.0. The molecule has 0 saturated carbocycles. The molecule has 0 spiro atoms. The van der Waals surface area contributed by atoms with Gasteiger partial charge in [-0.05, 0) is 35.7 Å². The van der Waals surface area contributed by atoms with Gasteiger partial charge in [-0.1, -0.05) is 12.1 Å². The van der Waals surface area contributed by atoms with E-state index in [1.807, 2.05) is 12.1 Å². The van der Waals surface area contributed by atoms with E-state index in [1.165, 1.54) is 6.07 Å². The van der Waals surface area contributed by atoms with E-state index in [4.69, 9.17) is 5.11 Å². The van der Waals surface area contributed by atoms with Gasteiger partial charge in [0.1, 0.15) is 0 Å². The number of hydrogen-bond donors (Lipinski definition) is 1. The molecule has 0 unspecified atom stereocenters. The molecule has 0 fully saturated rings. The zero-order valence-electron chi connectivity index (χ0n) is 11.7. The first kappa shape index (κ1) is 14.1. The van der Waals surface area contributed by atoms with Gasteiger partial charge in [0.2, 0.25) is 0 Å². The fraction of sp³-hybridized carbons (Fsp3) is 0.188. The number of carbonyl (C=O) groups is 1. The molecular formula is C16H14N2O4. The lowest BCUT2D eigenvalue weighted by atomic mass is 10.1. The lowest BCUT2D eigenvalue weighted by Crippen LogP contribution is -2.19. The van der Waals surface area contributed by atoms with Crippen LogP contribution in [0.5, 0.6) is 0 Å². The number of non-ortho nitro benzene ring substituents is 1. The van der Waals surface area contributed by atoms with Gasteiger partial charge >= 0.3 is 5.97 Å². The Morgan fingerprint density at radius 2 is 2.09 bits per heavy atom. The van der Waals surface area contributed by atoms with Crippen LogP contribution < -0.4 is 4.90 Å². The first-order valence-corrected chi connectivity index (χ1v) is 6.89. The minimum atomic E-state index is -0.931. The highest BCUT2D eigenvalue weighted by molar-refractivity contribution is 5.88. The van der Waals surface area contributed by atoms with Crippen molar-refractivity contribution in [1.82, 2.24) is 0 Å². The number of hydrogen-bond acceptors (Lipinski definition) is 4. The second kappa shape index (κ2) is 5.48. The molecule has 0 atom stereocenters. The van der Waals surface area contributed by atoms with Crippen LogP contribution in [-0.2, 0) is 13.0 Å². The van der Waals surface area contributed by atoms with E-state index >= 15 is 0 Å². The van der Waals surface area contributed by atoms with E-state index < -0.39 is 10.9 Å². The third-order valence-electron chi connectivity index (χ3n) is 3.81.